The zero-order valence-electron chi connectivity index (χ0n) is 16.0. The van der Waals surface area contributed by atoms with Gasteiger partial charge in [-0.1, -0.05) is 0 Å². The Balaban J connectivity index is 1.54. The minimum atomic E-state index is -2.76. The molecule has 29 heavy (non-hydrogen) atoms. The summed E-state index contributed by atoms with van der Waals surface area (Å²) in [5, 5.41) is 0. The van der Waals surface area contributed by atoms with Gasteiger partial charge in [0.05, 0.1) is 13.2 Å². The topological polar surface area (TPSA) is 58.6 Å². The van der Waals surface area contributed by atoms with Crippen LogP contribution in [0.15, 0.2) is 24.4 Å². The molecule has 2 aliphatic rings. The number of anilines is 2. The van der Waals surface area contributed by atoms with E-state index in [4.69, 9.17) is 4.74 Å². The molecule has 154 valence electrons. The van der Waals surface area contributed by atoms with Gasteiger partial charge in [0.15, 0.2) is 0 Å². The van der Waals surface area contributed by atoms with E-state index in [1.807, 2.05) is 4.90 Å². The van der Waals surface area contributed by atoms with Gasteiger partial charge in [0.2, 0.25) is 5.95 Å². The molecule has 1 fully saturated rings. The number of nitrogens with zero attached hydrogens (tertiary/aromatic N) is 4. The zero-order chi connectivity index (χ0) is 20.6. The van der Waals surface area contributed by atoms with Crippen molar-refractivity contribution >= 4 is 17.5 Å². The Morgan fingerprint density at radius 2 is 2.03 bits per heavy atom. The number of hydrogen-bond acceptors (Lipinski definition) is 6. The van der Waals surface area contributed by atoms with Crippen molar-refractivity contribution < 1.29 is 22.7 Å². The van der Waals surface area contributed by atoms with E-state index >= 15 is 0 Å². The van der Waals surface area contributed by atoms with Gasteiger partial charge in [-0.2, -0.15) is 4.39 Å². The third-order valence-corrected chi connectivity index (χ3v) is 5.20. The number of ether oxygens (including phenoxy) is 1. The fourth-order valence-electron chi connectivity index (χ4n) is 3.72. The van der Waals surface area contributed by atoms with E-state index in [-0.39, 0.29) is 25.3 Å². The van der Waals surface area contributed by atoms with Gasteiger partial charge in [0, 0.05) is 50.1 Å². The number of rotatable bonds is 4. The quantitative estimate of drug-likeness (QED) is 0.574. The lowest BCUT2D eigenvalue weighted by molar-refractivity contribution is 0.0257. The molecule has 0 aliphatic carbocycles. The highest BCUT2D eigenvalue weighted by molar-refractivity contribution is 5.87. The van der Waals surface area contributed by atoms with Crippen LogP contribution in [0.5, 0.6) is 0 Å². The minimum absolute atomic E-state index is 0.180. The summed E-state index contributed by atoms with van der Waals surface area (Å²) in [5.74, 6) is -3.52. The first-order valence-corrected chi connectivity index (χ1v) is 9.55. The maximum Gasteiger partial charge on any atom is 0.356 e. The Bertz CT molecular complexity index is 938. The van der Waals surface area contributed by atoms with Crippen LogP contribution < -0.4 is 9.80 Å². The second kappa shape index (κ2) is 7.53. The summed E-state index contributed by atoms with van der Waals surface area (Å²) in [6.45, 7) is 2.78. The molecule has 0 N–H and O–H groups in total. The monoisotopic (exact) mass is 406 g/mol. The van der Waals surface area contributed by atoms with Crippen LogP contribution in [0.4, 0.5) is 24.7 Å². The van der Waals surface area contributed by atoms with Crippen LogP contribution in [-0.4, -0.2) is 48.1 Å². The molecule has 0 amide bonds. The third-order valence-electron chi connectivity index (χ3n) is 5.20. The van der Waals surface area contributed by atoms with Crippen LogP contribution in [0, 0.1) is 5.95 Å². The predicted octanol–water partition coefficient (Wildman–Crippen LogP) is 3.20. The van der Waals surface area contributed by atoms with Gasteiger partial charge in [0.1, 0.15) is 11.5 Å². The van der Waals surface area contributed by atoms with Gasteiger partial charge in [-0.3, -0.25) is 0 Å². The fourth-order valence-corrected chi connectivity index (χ4v) is 3.72. The van der Waals surface area contributed by atoms with E-state index in [2.05, 4.69) is 9.97 Å². The van der Waals surface area contributed by atoms with Crippen molar-refractivity contribution in [1.82, 2.24) is 9.97 Å². The number of aromatic nitrogens is 2. The van der Waals surface area contributed by atoms with Crippen LogP contribution >= 0.6 is 0 Å². The third kappa shape index (κ3) is 4.13. The molecule has 0 saturated carbocycles. The number of alkyl halides is 2. The molecule has 1 saturated heterocycles. The van der Waals surface area contributed by atoms with Gasteiger partial charge in [-0.15, -0.1) is 0 Å². The number of carbonyl (C=O) groups is 1. The van der Waals surface area contributed by atoms with Crippen LogP contribution in [-0.2, 0) is 17.7 Å². The average molecular weight is 406 g/mol. The Labute approximate surface area is 166 Å². The number of esters is 1. The number of halogens is 3. The number of carbonyl (C=O) groups excluding carboxylic acids is 1. The highest BCUT2D eigenvalue weighted by Crippen LogP contribution is 2.33. The largest absolute Gasteiger partial charge is 0.461 e. The summed E-state index contributed by atoms with van der Waals surface area (Å²) in [4.78, 5) is 23.4. The normalized spacial score (nSPS) is 17.9. The summed E-state index contributed by atoms with van der Waals surface area (Å²) in [7, 11) is 0. The van der Waals surface area contributed by atoms with Crippen molar-refractivity contribution in [3.05, 3.63) is 47.2 Å². The lowest BCUT2D eigenvalue weighted by Gasteiger charge is -2.30. The van der Waals surface area contributed by atoms with Crippen molar-refractivity contribution in [2.75, 3.05) is 36.0 Å². The lowest BCUT2D eigenvalue weighted by atomic mass is 10.0. The summed E-state index contributed by atoms with van der Waals surface area (Å²) in [6, 6.07) is 4.56. The number of fused-ring (bicyclic) bond motifs is 1. The Morgan fingerprint density at radius 1 is 1.21 bits per heavy atom. The van der Waals surface area contributed by atoms with Crippen molar-refractivity contribution in [2.45, 2.75) is 32.2 Å². The fraction of sp³-hybridized carbons (Fsp3) is 0.450. The molecule has 0 unspecified atom stereocenters. The van der Waals surface area contributed by atoms with Gasteiger partial charge >= 0.3 is 5.97 Å². The van der Waals surface area contributed by atoms with E-state index in [0.29, 0.717) is 31.0 Å². The van der Waals surface area contributed by atoms with E-state index in [1.165, 1.54) is 11.0 Å². The standard InChI is InChI=1S/C20H21F3N4O2/c1-2-29-19(28)16-7-13-3-5-26(11-14(13)10-24-16)18-9-15(8-17(21)25-18)27-6-4-20(22,23)12-27/h7-10H,2-6,11-12H2,1H3. The summed E-state index contributed by atoms with van der Waals surface area (Å²) in [6.07, 6.45) is 2.01. The molecule has 0 spiro atoms. The summed E-state index contributed by atoms with van der Waals surface area (Å²) >= 11 is 0. The molecule has 0 atom stereocenters. The van der Waals surface area contributed by atoms with Crippen molar-refractivity contribution in [2.24, 2.45) is 0 Å². The summed E-state index contributed by atoms with van der Waals surface area (Å²) < 4.78 is 46.2. The van der Waals surface area contributed by atoms with E-state index in [0.717, 1.165) is 11.1 Å². The SMILES string of the molecule is CCOC(=O)c1cc2c(cn1)CN(c1cc(N3CCC(F)(F)C3)cc(F)n1)CC2. The number of pyridine rings is 2. The second-order valence-electron chi connectivity index (χ2n) is 7.26. The molecule has 0 bridgehead atoms. The Kier molecular flexibility index (Phi) is 5.06. The Morgan fingerprint density at radius 3 is 2.76 bits per heavy atom. The molecule has 0 aromatic carbocycles. The number of hydrogen-bond donors (Lipinski definition) is 0. The maximum absolute atomic E-state index is 14.1. The van der Waals surface area contributed by atoms with E-state index in [9.17, 15) is 18.0 Å². The maximum atomic E-state index is 14.1. The first-order valence-electron chi connectivity index (χ1n) is 9.55. The molecule has 2 aromatic rings. The predicted molar refractivity (Wildman–Crippen MR) is 101 cm³/mol. The molecule has 0 radical (unpaired) electrons. The molecule has 4 rings (SSSR count). The first-order chi connectivity index (χ1) is 13.8. The second-order valence-corrected chi connectivity index (χ2v) is 7.26. The Hall–Kier alpha value is -2.84. The van der Waals surface area contributed by atoms with E-state index in [1.54, 1.807) is 25.3 Å². The van der Waals surface area contributed by atoms with Crippen molar-refractivity contribution in [1.29, 1.82) is 0 Å². The molecule has 2 aromatic heterocycles. The molecule has 9 heteroatoms. The van der Waals surface area contributed by atoms with Crippen molar-refractivity contribution in [3.63, 3.8) is 0 Å². The lowest BCUT2D eigenvalue weighted by Crippen LogP contribution is -2.32. The van der Waals surface area contributed by atoms with Gasteiger partial charge in [0.25, 0.3) is 5.92 Å². The average Bonchev–Trinajstić information content (AvgIpc) is 3.06. The van der Waals surface area contributed by atoms with Gasteiger partial charge < -0.3 is 14.5 Å². The highest BCUT2D eigenvalue weighted by atomic mass is 19.3. The van der Waals surface area contributed by atoms with Gasteiger partial charge in [-0.05, 0) is 30.5 Å². The molecule has 6 nitrogen and oxygen atoms in total. The van der Waals surface area contributed by atoms with E-state index < -0.39 is 24.4 Å². The molecule has 4 heterocycles. The van der Waals surface area contributed by atoms with Gasteiger partial charge in [-0.25, -0.2) is 23.5 Å². The molecular formula is C20H21F3N4O2. The van der Waals surface area contributed by atoms with Crippen LogP contribution in [0.1, 0.15) is 35.0 Å². The highest BCUT2D eigenvalue weighted by Gasteiger charge is 2.38. The van der Waals surface area contributed by atoms with Crippen LogP contribution in [0.2, 0.25) is 0 Å². The zero-order valence-corrected chi connectivity index (χ0v) is 16.0. The summed E-state index contributed by atoms with van der Waals surface area (Å²) in [5.41, 5.74) is 2.56. The molecular weight excluding hydrogens is 385 g/mol. The molecule has 2 aliphatic heterocycles. The van der Waals surface area contributed by atoms with Crippen molar-refractivity contribution in [3.8, 4) is 0 Å². The smallest absolute Gasteiger partial charge is 0.356 e. The first kappa shape index (κ1) is 19.5. The minimum Gasteiger partial charge on any atom is -0.461 e. The van der Waals surface area contributed by atoms with Crippen LogP contribution in [0.3, 0.4) is 0 Å². The van der Waals surface area contributed by atoms with Crippen LogP contribution in [0.25, 0.3) is 0 Å².